The van der Waals surface area contributed by atoms with Crippen LogP contribution in [0.4, 0.5) is 0 Å². The van der Waals surface area contributed by atoms with Gasteiger partial charge < -0.3 is 14.3 Å². The molecule has 1 heterocycles. The Morgan fingerprint density at radius 1 is 1.50 bits per heavy atom. The molecule has 0 unspecified atom stereocenters. The van der Waals surface area contributed by atoms with Gasteiger partial charge in [-0.25, -0.2) is 4.79 Å². The van der Waals surface area contributed by atoms with Gasteiger partial charge in [0, 0.05) is 10.9 Å². The molecular formula is C17H18BrNO5. The van der Waals surface area contributed by atoms with Crippen LogP contribution in [-0.4, -0.2) is 23.7 Å². The van der Waals surface area contributed by atoms with Crippen molar-refractivity contribution in [3.05, 3.63) is 52.9 Å². The van der Waals surface area contributed by atoms with Crippen LogP contribution in [0.15, 0.2) is 40.6 Å². The fourth-order valence-electron chi connectivity index (χ4n) is 2.14. The van der Waals surface area contributed by atoms with Crippen molar-refractivity contribution in [2.75, 3.05) is 18.5 Å². The number of hydroxylamine groups is 1. The summed E-state index contributed by atoms with van der Waals surface area (Å²) in [6, 6.07) is 3.13. The molecule has 0 aliphatic heterocycles. The molecule has 0 radical (unpaired) electrons. The molecule has 0 spiro atoms. The predicted octanol–water partition coefficient (Wildman–Crippen LogP) is 3.26. The first-order valence-electron chi connectivity index (χ1n) is 7.17. The summed E-state index contributed by atoms with van der Waals surface area (Å²) in [4.78, 5) is 17.6. The number of aromatic hydroxyl groups is 1. The summed E-state index contributed by atoms with van der Waals surface area (Å²) in [6.07, 6.45) is 1.56. The fraction of sp³-hybridized carbons (Fsp3) is 0.235. The van der Waals surface area contributed by atoms with Gasteiger partial charge in [-0.15, -0.1) is 0 Å². The topological polar surface area (TPSA) is 80.9 Å². The summed E-state index contributed by atoms with van der Waals surface area (Å²) < 4.78 is 11.0. The van der Waals surface area contributed by atoms with E-state index in [1.165, 1.54) is 6.07 Å². The van der Waals surface area contributed by atoms with E-state index in [-0.39, 0.29) is 29.2 Å². The number of phenolic OH excluding ortho intramolecular Hbond substituents is 1. The van der Waals surface area contributed by atoms with Crippen molar-refractivity contribution in [2.24, 2.45) is 0 Å². The number of nitrogens with one attached hydrogen (secondary N) is 1. The first-order chi connectivity index (χ1) is 11.5. The Balaban J connectivity index is 2.62. The maximum Gasteiger partial charge on any atom is 0.349 e. The second-order valence-corrected chi connectivity index (χ2v) is 5.69. The van der Waals surface area contributed by atoms with Crippen molar-refractivity contribution in [2.45, 2.75) is 6.92 Å². The highest BCUT2D eigenvalue weighted by molar-refractivity contribution is 9.09. The van der Waals surface area contributed by atoms with Gasteiger partial charge in [-0.2, -0.15) is 0 Å². The summed E-state index contributed by atoms with van der Waals surface area (Å²) in [6.45, 7) is 9.65. The molecule has 0 fully saturated rings. The van der Waals surface area contributed by atoms with Crippen LogP contribution >= 0.6 is 15.9 Å². The molecule has 0 saturated heterocycles. The number of hydrogen-bond acceptors (Lipinski definition) is 6. The smallest absolute Gasteiger partial charge is 0.349 e. The van der Waals surface area contributed by atoms with Gasteiger partial charge in [-0.3, -0.25) is 10.3 Å². The second kappa shape index (κ2) is 8.03. The number of alkyl halides is 1. The molecule has 1 aromatic carbocycles. The van der Waals surface area contributed by atoms with Gasteiger partial charge >= 0.3 is 5.63 Å². The predicted molar refractivity (Wildman–Crippen MR) is 96.5 cm³/mol. The number of benzene rings is 1. The third-order valence-electron chi connectivity index (χ3n) is 3.27. The minimum absolute atomic E-state index is 0.0330. The first kappa shape index (κ1) is 18.1. The van der Waals surface area contributed by atoms with Gasteiger partial charge in [0.15, 0.2) is 0 Å². The third-order valence-corrected chi connectivity index (χ3v) is 3.59. The molecule has 0 aliphatic carbocycles. The molecule has 0 saturated carbocycles. The number of halogens is 1. The van der Waals surface area contributed by atoms with E-state index in [0.29, 0.717) is 28.6 Å². The molecule has 0 atom stereocenters. The highest BCUT2D eigenvalue weighted by Crippen LogP contribution is 2.35. The lowest BCUT2D eigenvalue weighted by molar-refractivity contribution is 0.0926. The first-order valence-corrected chi connectivity index (χ1v) is 8.29. The molecular weight excluding hydrogens is 378 g/mol. The second-order valence-electron chi connectivity index (χ2n) is 4.90. The average molecular weight is 396 g/mol. The lowest BCUT2D eigenvalue weighted by Crippen LogP contribution is -2.20. The summed E-state index contributed by atoms with van der Waals surface area (Å²) in [7, 11) is 0. The fourth-order valence-corrected chi connectivity index (χ4v) is 2.30. The van der Waals surface area contributed by atoms with E-state index in [4.69, 9.17) is 14.0 Å². The lowest BCUT2D eigenvalue weighted by Gasteiger charge is -2.15. The number of phenols is 1. The van der Waals surface area contributed by atoms with E-state index < -0.39 is 5.63 Å². The SMILES string of the molecule is C=CCOc1c(C(=C)NOCCBr)c(=O)oc2c(C)c(O)ccc12. The van der Waals surface area contributed by atoms with Crippen LogP contribution < -0.4 is 15.8 Å². The van der Waals surface area contributed by atoms with Crippen molar-refractivity contribution in [1.29, 1.82) is 0 Å². The monoisotopic (exact) mass is 395 g/mol. The molecule has 1 aromatic heterocycles. The van der Waals surface area contributed by atoms with Crippen molar-refractivity contribution in [1.82, 2.24) is 5.48 Å². The van der Waals surface area contributed by atoms with Crippen LogP contribution in [0.5, 0.6) is 11.5 Å². The van der Waals surface area contributed by atoms with Crippen LogP contribution in [0.2, 0.25) is 0 Å². The molecule has 2 N–H and O–H groups in total. The van der Waals surface area contributed by atoms with Gasteiger partial charge in [0.05, 0.1) is 17.7 Å². The van der Waals surface area contributed by atoms with Gasteiger partial charge in [0.2, 0.25) is 0 Å². The summed E-state index contributed by atoms with van der Waals surface area (Å²) in [5.74, 6) is 0.329. The minimum atomic E-state index is -0.643. The largest absolute Gasteiger partial charge is 0.508 e. The highest BCUT2D eigenvalue weighted by Gasteiger charge is 2.20. The quantitative estimate of drug-likeness (QED) is 0.234. The molecule has 0 bridgehead atoms. The van der Waals surface area contributed by atoms with Gasteiger partial charge in [0.1, 0.15) is 29.3 Å². The van der Waals surface area contributed by atoms with E-state index >= 15 is 0 Å². The Morgan fingerprint density at radius 3 is 2.92 bits per heavy atom. The average Bonchev–Trinajstić information content (AvgIpc) is 2.56. The minimum Gasteiger partial charge on any atom is -0.508 e. The Labute approximate surface area is 147 Å². The maximum absolute atomic E-state index is 12.4. The summed E-state index contributed by atoms with van der Waals surface area (Å²) in [5, 5.41) is 11.0. The molecule has 7 heteroatoms. The van der Waals surface area contributed by atoms with E-state index in [0.717, 1.165) is 0 Å². The number of ether oxygens (including phenoxy) is 1. The molecule has 6 nitrogen and oxygen atoms in total. The molecule has 128 valence electrons. The van der Waals surface area contributed by atoms with Gasteiger partial charge in [0.25, 0.3) is 0 Å². The molecule has 2 aromatic rings. The summed E-state index contributed by atoms with van der Waals surface area (Å²) in [5.41, 5.74) is 3.03. The Kier molecular flexibility index (Phi) is 6.05. The van der Waals surface area contributed by atoms with Crippen molar-refractivity contribution < 1.29 is 19.1 Å². The Bertz CT molecular complexity index is 828. The number of hydrogen-bond donors (Lipinski definition) is 2. The lowest BCUT2D eigenvalue weighted by atomic mass is 10.1. The van der Waals surface area contributed by atoms with Crippen molar-refractivity contribution in [3.8, 4) is 11.5 Å². The van der Waals surface area contributed by atoms with Gasteiger partial charge in [-0.1, -0.05) is 35.2 Å². The normalized spacial score (nSPS) is 10.6. The van der Waals surface area contributed by atoms with Crippen molar-refractivity contribution in [3.63, 3.8) is 0 Å². The molecule has 0 aliphatic rings. The Morgan fingerprint density at radius 2 is 2.25 bits per heavy atom. The zero-order valence-corrected chi connectivity index (χ0v) is 14.8. The molecule has 24 heavy (non-hydrogen) atoms. The molecule has 0 amide bonds. The van der Waals surface area contributed by atoms with E-state index in [9.17, 15) is 9.90 Å². The zero-order chi connectivity index (χ0) is 17.7. The number of aryl methyl sites for hydroxylation is 1. The van der Waals surface area contributed by atoms with Crippen LogP contribution in [0, 0.1) is 6.92 Å². The maximum atomic E-state index is 12.4. The van der Waals surface area contributed by atoms with Crippen LogP contribution in [0.25, 0.3) is 16.7 Å². The van der Waals surface area contributed by atoms with Crippen molar-refractivity contribution >= 4 is 32.6 Å². The summed E-state index contributed by atoms with van der Waals surface area (Å²) >= 11 is 3.23. The van der Waals surface area contributed by atoms with Crippen LogP contribution in [0.3, 0.4) is 0 Å². The number of rotatable bonds is 8. The zero-order valence-electron chi connectivity index (χ0n) is 13.2. The van der Waals surface area contributed by atoms with Crippen LogP contribution in [-0.2, 0) is 4.84 Å². The Hall–Kier alpha value is -2.25. The highest BCUT2D eigenvalue weighted by atomic mass is 79.9. The van der Waals surface area contributed by atoms with Gasteiger partial charge in [-0.05, 0) is 19.1 Å². The van der Waals surface area contributed by atoms with Crippen LogP contribution in [0.1, 0.15) is 11.1 Å². The van der Waals surface area contributed by atoms with E-state index in [1.807, 2.05) is 0 Å². The van der Waals surface area contributed by atoms with E-state index in [2.05, 4.69) is 34.6 Å². The van der Waals surface area contributed by atoms with E-state index in [1.54, 1.807) is 19.1 Å². The standard InChI is InChI=1S/C17H18BrNO5/c1-4-8-22-16-12-5-6-13(20)10(2)15(12)24-17(21)14(16)11(3)19-23-9-7-18/h4-6,19-20H,1,3,7-9H2,2H3. The third kappa shape index (κ3) is 3.63. The molecule has 2 rings (SSSR count). The number of fused-ring (bicyclic) bond motifs is 1.